The smallest absolute Gasteiger partial charge is 0.265 e. The molecule has 0 saturated heterocycles. The van der Waals surface area contributed by atoms with Crippen molar-refractivity contribution in [2.75, 3.05) is 4.72 Å². The number of nitrogens with zero attached hydrogens (tertiary/aromatic N) is 1. The standard InChI is InChI=1S/C10H8ClN3O2S3/c11-7-2-1-6(9(12)17)5-8(7)19(15,16)14-10-13-3-4-18-10/h1-5H,(H2,12,17)(H,13,14). The van der Waals surface area contributed by atoms with Gasteiger partial charge in [0.25, 0.3) is 10.0 Å². The van der Waals surface area contributed by atoms with Crippen LogP contribution in [0.5, 0.6) is 0 Å². The highest BCUT2D eigenvalue weighted by molar-refractivity contribution is 7.93. The minimum absolute atomic E-state index is 0.0871. The number of hydrogen-bond acceptors (Lipinski definition) is 5. The Morgan fingerprint density at radius 1 is 1.47 bits per heavy atom. The molecule has 9 heteroatoms. The highest BCUT2D eigenvalue weighted by Gasteiger charge is 2.20. The van der Waals surface area contributed by atoms with Gasteiger partial charge in [-0.1, -0.05) is 29.9 Å². The number of hydrogen-bond donors (Lipinski definition) is 2. The van der Waals surface area contributed by atoms with E-state index in [4.69, 9.17) is 29.6 Å². The Morgan fingerprint density at radius 3 is 2.79 bits per heavy atom. The molecule has 0 radical (unpaired) electrons. The molecule has 3 N–H and O–H groups in total. The van der Waals surface area contributed by atoms with Crippen LogP contribution in [0.4, 0.5) is 5.13 Å². The van der Waals surface area contributed by atoms with Gasteiger partial charge < -0.3 is 5.73 Å². The number of nitrogens with two attached hydrogens (primary N) is 1. The molecule has 0 fully saturated rings. The summed E-state index contributed by atoms with van der Waals surface area (Å²) in [5.41, 5.74) is 5.90. The van der Waals surface area contributed by atoms with E-state index in [2.05, 4.69) is 9.71 Å². The van der Waals surface area contributed by atoms with Crippen molar-refractivity contribution >= 4 is 55.3 Å². The zero-order chi connectivity index (χ0) is 14.0. The Kier molecular flexibility index (Phi) is 4.04. The number of benzene rings is 1. The first-order chi connectivity index (χ1) is 8.90. The Morgan fingerprint density at radius 2 is 2.21 bits per heavy atom. The molecular formula is C10H8ClN3O2S3. The van der Waals surface area contributed by atoms with Crippen LogP contribution < -0.4 is 10.5 Å². The van der Waals surface area contributed by atoms with Crippen LogP contribution in [0.25, 0.3) is 0 Å². The summed E-state index contributed by atoms with van der Waals surface area (Å²) in [7, 11) is -3.82. The van der Waals surface area contributed by atoms with Gasteiger partial charge in [-0.05, 0) is 12.1 Å². The summed E-state index contributed by atoms with van der Waals surface area (Å²) >= 11 is 11.9. The third kappa shape index (κ3) is 3.21. The lowest BCUT2D eigenvalue weighted by molar-refractivity contribution is 0.601. The van der Waals surface area contributed by atoms with Gasteiger partial charge in [0.1, 0.15) is 9.88 Å². The van der Waals surface area contributed by atoms with Crippen LogP contribution in [-0.2, 0) is 10.0 Å². The molecule has 0 bridgehead atoms. The molecule has 19 heavy (non-hydrogen) atoms. The Balaban J connectivity index is 2.45. The molecule has 0 saturated carbocycles. The number of rotatable bonds is 4. The lowest BCUT2D eigenvalue weighted by atomic mass is 10.2. The number of aromatic nitrogens is 1. The molecule has 0 aliphatic carbocycles. The van der Waals surface area contributed by atoms with Gasteiger partial charge in [-0.2, -0.15) is 0 Å². The van der Waals surface area contributed by atoms with E-state index in [0.717, 1.165) is 0 Å². The molecule has 100 valence electrons. The predicted molar refractivity (Wildman–Crippen MR) is 80.3 cm³/mol. The average Bonchev–Trinajstić information content (AvgIpc) is 2.81. The normalized spacial score (nSPS) is 11.2. The number of thiazole rings is 1. The highest BCUT2D eigenvalue weighted by Crippen LogP contribution is 2.25. The molecule has 5 nitrogen and oxygen atoms in total. The Bertz CT molecular complexity index is 714. The summed E-state index contributed by atoms with van der Waals surface area (Å²) in [5, 5.41) is 2.01. The maximum Gasteiger partial charge on any atom is 0.265 e. The first kappa shape index (κ1) is 14.2. The van der Waals surface area contributed by atoms with Gasteiger partial charge in [-0.15, -0.1) is 11.3 Å². The quantitative estimate of drug-likeness (QED) is 0.838. The zero-order valence-corrected chi connectivity index (χ0v) is 12.5. The first-order valence-corrected chi connectivity index (χ1v) is 8.07. The third-order valence-electron chi connectivity index (χ3n) is 2.16. The second-order valence-electron chi connectivity index (χ2n) is 3.45. The molecule has 2 rings (SSSR count). The highest BCUT2D eigenvalue weighted by atomic mass is 35.5. The fourth-order valence-corrected chi connectivity index (χ4v) is 3.75. The van der Waals surface area contributed by atoms with Crippen molar-refractivity contribution in [2.24, 2.45) is 5.73 Å². The van der Waals surface area contributed by atoms with Crippen LogP contribution in [0, 0.1) is 0 Å². The van der Waals surface area contributed by atoms with E-state index in [1.54, 1.807) is 11.4 Å². The van der Waals surface area contributed by atoms with E-state index in [0.29, 0.717) is 5.56 Å². The summed E-state index contributed by atoms with van der Waals surface area (Å²) in [6, 6.07) is 4.33. The fourth-order valence-electron chi connectivity index (χ4n) is 1.31. The van der Waals surface area contributed by atoms with Crippen molar-refractivity contribution in [3.8, 4) is 0 Å². The van der Waals surface area contributed by atoms with E-state index in [-0.39, 0.29) is 20.0 Å². The number of sulfonamides is 1. The topological polar surface area (TPSA) is 85.1 Å². The van der Waals surface area contributed by atoms with Crippen LogP contribution in [0.2, 0.25) is 5.02 Å². The zero-order valence-electron chi connectivity index (χ0n) is 9.33. The van der Waals surface area contributed by atoms with E-state index in [9.17, 15) is 8.42 Å². The Hall–Kier alpha value is -1.22. The maximum atomic E-state index is 12.2. The molecule has 1 aromatic heterocycles. The average molecular weight is 334 g/mol. The summed E-state index contributed by atoms with van der Waals surface area (Å²) < 4.78 is 26.7. The molecule has 0 atom stereocenters. The van der Waals surface area contributed by atoms with Crippen LogP contribution in [0.3, 0.4) is 0 Å². The lowest BCUT2D eigenvalue weighted by Gasteiger charge is -2.08. The number of anilines is 1. The Labute approximate surface area is 124 Å². The molecule has 0 unspecified atom stereocenters. The van der Waals surface area contributed by atoms with E-state index >= 15 is 0 Å². The molecule has 1 aromatic carbocycles. The SMILES string of the molecule is NC(=S)c1ccc(Cl)c(S(=O)(=O)Nc2nccs2)c1. The minimum atomic E-state index is -3.82. The van der Waals surface area contributed by atoms with Gasteiger partial charge in [0.2, 0.25) is 0 Å². The van der Waals surface area contributed by atoms with Crippen molar-refractivity contribution in [3.63, 3.8) is 0 Å². The second-order valence-corrected chi connectivity index (χ2v) is 6.84. The van der Waals surface area contributed by atoms with Crippen LogP contribution in [0.1, 0.15) is 5.56 Å². The van der Waals surface area contributed by atoms with E-state index < -0.39 is 10.0 Å². The summed E-state index contributed by atoms with van der Waals surface area (Å²) in [5.74, 6) is 0. The van der Waals surface area contributed by atoms with Crippen molar-refractivity contribution in [1.82, 2.24) is 4.98 Å². The number of halogens is 1. The molecule has 0 aliphatic rings. The van der Waals surface area contributed by atoms with Crippen LogP contribution in [0.15, 0.2) is 34.7 Å². The van der Waals surface area contributed by atoms with Crippen molar-refractivity contribution in [2.45, 2.75) is 4.90 Å². The maximum absolute atomic E-state index is 12.2. The predicted octanol–water partition coefficient (Wildman–Crippen LogP) is 2.23. The van der Waals surface area contributed by atoms with Gasteiger partial charge >= 0.3 is 0 Å². The summed E-state index contributed by atoms with van der Waals surface area (Å²) in [4.78, 5) is 3.86. The van der Waals surface area contributed by atoms with Gasteiger partial charge in [0.05, 0.1) is 5.02 Å². The van der Waals surface area contributed by atoms with Gasteiger partial charge in [-0.3, -0.25) is 4.72 Å². The van der Waals surface area contributed by atoms with Gasteiger partial charge in [0, 0.05) is 17.1 Å². The van der Waals surface area contributed by atoms with Crippen molar-refractivity contribution < 1.29 is 8.42 Å². The third-order valence-corrected chi connectivity index (χ3v) is 5.03. The molecule has 0 aliphatic heterocycles. The molecule has 0 spiro atoms. The summed E-state index contributed by atoms with van der Waals surface area (Å²) in [6.45, 7) is 0. The van der Waals surface area contributed by atoms with E-state index in [1.807, 2.05) is 0 Å². The van der Waals surface area contributed by atoms with E-state index in [1.165, 1.54) is 29.7 Å². The monoisotopic (exact) mass is 333 g/mol. The molecule has 2 aromatic rings. The molecular weight excluding hydrogens is 326 g/mol. The summed E-state index contributed by atoms with van der Waals surface area (Å²) in [6.07, 6.45) is 1.50. The number of nitrogens with one attached hydrogen (secondary N) is 1. The van der Waals surface area contributed by atoms with Gasteiger partial charge in [-0.25, -0.2) is 13.4 Å². The minimum Gasteiger partial charge on any atom is -0.389 e. The lowest BCUT2D eigenvalue weighted by Crippen LogP contribution is -2.15. The fraction of sp³-hybridized carbons (Fsp3) is 0. The van der Waals surface area contributed by atoms with Crippen molar-refractivity contribution in [1.29, 1.82) is 0 Å². The largest absolute Gasteiger partial charge is 0.389 e. The second kappa shape index (κ2) is 5.41. The van der Waals surface area contributed by atoms with Crippen molar-refractivity contribution in [3.05, 3.63) is 40.4 Å². The van der Waals surface area contributed by atoms with Crippen LogP contribution >= 0.6 is 35.2 Å². The van der Waals surface area contributed by atoms with Gasteiger partial charge in [0.15, 0.2) is 5.13 Å². The molecule has 0 amide bonds. The molecule has 1 heterocycles. The number of thiocarbonyl (C=S) groups is 1. The van der Waals surface area contributed by atoms with Crippen LogP contribution in [-0.4, -0.2) is 18.4 Å². The first-order valence-electron chi connectivity index (χ1n) is 4.92.